The molecule has 0 aliphatic heterocycles. The minimum absolute atomic E-state index is 0.0943. The van der Waals surface area contributed by atoms with Gasteiger partial charge in [-0.1, -0.05) is 35.5 Å². The number of aromatic hydroxyl groups is 1. The number of rotatable bonds is 2. The molecule has 2 aromatic carbocycles. The lowest BCUT2D eigenvalue weighted by Crippen LogP contribution is -2.19. The molecule has 0 spiro atoms. The van der Waals surface area contributed by atoms with E-state index in [9.17, 15) is 14.3 Å². The van der Waals surface area contributed by atoms with E-state index >= 15 is 0 Å². The summed E-state index contributed by atoms with van der Waals surface area (Å²) in [6, 6.07) is 12.9. The molecular weight excluding hydrogens is 325 g/mol. The van der Waals surface area contributed by atoms with Gasteiger partial charge in [0.2, 0.25) is 5.82 Å². The first kappa shape index (κ1) is 15.1. The molecule has 0 radical (unpaired) electrons. The van der Waals surface area contributed by atoms with Gasteiger partial charge >= 0.3 is 0 Å². The van der Waals surface area contributed by atoms with Gasteiger partial charge in [-0.2, -0.15) is 4.98 Å². The number of pyridine rings is 1. The second-order valence-corrected chi connectivity index (χ2v) is 5.54. The third kappa shape index (κ3) is 2.37. The average molecular weight is 337 g/mol. The Morgan fingerprint density at radius 3 is 2.68 bits per heavy atom. The van der Waals surface area contributed by atoms with Crippen molar-refractivity contribution in [3.8, 4) is 28.6 Å². The van der Waals surface area contributed by atoms with E-state index in [1.54, 1.807) is 12.1 Å². The first-order chi connectivity index (χ1) is 12.1. The summed E-state index contributed by atoms with van der Waals surface area (Å²) in [5.74, 6) is -0.611. The Hall–Kier alpha value is -3.48. The molecule has 4 rings (SSSR count). The molecule has 0 saturated heterocycles. The molecule has 0 aliphatic carbocycles. The van der Waals surface area contributed by atoms with E-state index in [0.717, 1.165) is 5.56 Å². The number of hydrogen-bond donors (Lipinski definition) is 1. The molecule has 7 heteroatoms. The van der Waals surface area contributed by atoms with Crippen LogP contribution in [0.5, 0.6) is 5.75 Å². The Morgan fingerprint density at radius 2 is 1.92 bits per heavy atom. The van der Waals surface area contributed by atoms with Crippen molar-refractivity contribution < 1.29 is 14.0 Å². The molecule has 0 bridgehead atoms. The molecule has 0 saturated carbocycles. The van der Waals surface area contributed by atoms with Crippen LogP contribution in [0.3, 0.4) is 0 Å². The van der Waals surface area contributed by atoms with Gasteiger partial charge in [0.1, 0.15) is 17.1 Å². The summed E-state index contributed by atoms with van der Waals surface area (Å²) in [5.41, 5.74) is 0.320. The van der Waals surface area contributed by atoms with Gasteiger partial charge in [0.05, 0.1) is 5.52 Å². The molecule has 0 unspecified atom stereocenters. The minimum Gasteiger partial charge on any atom is -0.506 e. The number of fused-ring (bicyclic) bond motifs is 1. The predicted molar refractivity (Wildman–Crippen MR) is 89.5 cm³/mol. The van der Waals surface area contributed by atoms with E-state index in [1.165, 1.54) is 29.8 Å². The fourth-order valence-electron chi connectivity index (χ4n) is 2.72. The van der Waals surface area contributed by atoms with E-state index in [4.69, 9.17) is 4.52 Å². The zero-order valence-electron chi connectivity index (χ0n) is 13.1. The lowest BCUT2D eigenvalue weighted by atomic mass is 10.1. The van der Waals surface area contributed by atoms with Crippen molar-refractivity contribution in [2.45, 2.75) is 0 Å². The standard InChI is InChI=1S/C18H12FN3O3/c1-22-13-9-11(19)7-8-12(13)15(23)14(18(22)24)17-20-16(21-25-17)10-5-3-2-4-6-10/h2-9,23H,1H3. The SMILES string of the molecule is Cn1c(=O)c(-c2nc(-c3ccccc3)no2)c(O)c2ccc(F)cc21. The molecule has 0 aliphatic rings. The number of aromatic nitrogens is 3. The smallest absolute Gasteiger partial charge is 0.267 e. The third-order valence-corrected chi connectivity index (χ3v) is 4.00. The quantitative estimate of drug-likeness (QED) is 0.608. The molecule has 2 aromatic heterocycles. The van der Waals surface area contributed by atoms with Gasteiger partial charge in [-0.15, -0.1) is 0 Å². The molecule has 1 N–H and O–H groups in total. The summed E-state index contributed by atoms with van der Waals surface area (Å²) in [4.78, 5) is 16.8. The highest BCUT2D eigenvalue weighted by atomic mass is 19.1. The lowest BCUT2D eigenvalue weighted by Gasteiger charge is -2.09. The van der Waals surface area contributed by atoms with Gasteiger partial charge in [0.25, 0.3) is 11.4 Å². The monoisotopic (exact) mass is 337 g/mol. The second kappa shape index (κ2) is 5.55. The van der Waals surface area contributed by atoms with Gasteiger partial charge in [-0.25, -0.2) is 4.39 Å². The number of halogens is 1. The van der Waals surface area contributed by atoms with Crippen molar-refractivity contribution in [2.75, 3.05) is 0 Å². The van der Waals surface area contributed by atoms with Gasteiger partial charge < -0.3 is 14.2 Å². The average Bonchev–Trinajstić information content (AvgIpc) is 3.10. The van der Waals surface area contributed by atoms with Crippen LogP contribution < -0.4 is 5.56 Å². The van der Waals surface area contributed by atoms with Crippen molar-refractivity contribution in [1.29, 1.82) is 0 Å². The van der Waals surface area contributed by atoms with Crippen LogP contribution in [0.25, 0.3) is 33.7 Å². The van der Waals surface area contributed by atoms with E-state index in [1.807, 2.05) is 18.2 Å². The van der Waals surface area contributed by atoms with Gasteiger partial charge in [0.15, 0.2) is 0 Å². The van der Waals surface area contributed by atoms with Crippen LogP contribution in [0.4, 0.5) is 4.39 Å². The summed E-state index contributed by atoms with van der Waals surface area (Å²) in [6.07, 6.45) is 0. The molecule has 6 nitrogen and oxygen atoms in total. The Bertz CT molecular complexity index is 1150. The fraction of sp³-hybridized carbons (Fsp3) is 0.0556. The first-order valence-electron chi connectivity index (χ1n) is 7.47. The maximum atomic E-state index is 13.5. The van der Waals surface area contributed by atoms with Crippen LogP contribution in [0, 0.1) is 5.82 Å². The maximum Gasteiger partial charge on any atom is 0.267 e. The van der Waals surface area contributed by atoms with Gasteiger partial charge in [-0.05, 0) is 18.2 Å². The van der Waals surface area contributed by atoms with Crippen LogP contribution in [0.1, 0.15) is 0 Å². The van der Waals surface area contributed by atoms with E-state index in [2.05, 4.69) is 10.1 Å². The largest absolute Gasteiger partial charge is 0.506 e. The topological polar surface area (TPSA) is 81.2 Å². The Morgan fingerprint density at radius 1 is 1.16 bits per heavy atom. The first-order valence-corrected chi connectivity index (χ1v) is 7.47. The second-order valence-electron chi connectivity index (χ2n) is 5.54. The van der Waals surface area contributed by atoms with Crippen LogP contribution >= 0.6 is 0 Å². The minimum atomic E-state index is -0.557. The summed E-state index contributed by atoms with van der Waals surface area (Å²) < 4.78 is 19.9. The third-order valence-electron chi connectivity index (χ3n) is 4.00. The van der Waals surface area contributed by atoms with Crippen molar-refractivity contribution >= 4 is 10.9 Å². The molecule has 0 fully saturated rings. The fourth-order valence-corrected chi connectivity index (χ4v) is 2.72. The summed E-state index contributed by atoms with van der Waals surface area (Å²) in [5, 5.41) is 14.7. The van der Waals surface area contributed by atoms with Crippen molar-refractivity contribution in [2.24, 2.45) is 7.05 Å². The molecule has 25 heavy (non-hydrogen) atoms. The predicted octanol–water partition coefficient (Wildman–Crippen LogP) is 3.10. The highest BCUT2D eigenvalue weighted by Gasteiger charge is 2.22. The number of nitrogens with zero attached hydrogens (tertiary/aromatic N) is 3. The molecule has 4 aromatic rings. The number of benzene rings is 2. The maximum absolute atomic E-state index is 13.5. The van der Waals surface area contributed by atoms with Gasteiger partial charge in [0, 0.05) is 18.0 Å². The lowest BCUT2D eigenvalue weighted by molar-refractivity contribution is 0.425. The van der Waals surface area contributed by atoms with Gasteiger partial charge in [-0.3, -0.25) is 4.79 Å². The van der Waals surface area contributed by atoms with E-state index in [-0.39, 0.29) is 22.7 Å². The van der Waals surface area contributed by atoms with Crippen molar-refractivity contribution in [3.63, 3.8) is 0 Å². The van der Waals surface area contributed by atoms with E-state index < -0.39 is 11.4 Å². The Kier molecular flexibility index (Phi) is 3.35. The summed E-state index contributed by atoms with van der Waals surface area (Å²) in [7, 11) is 1.49. The molecule has 2 heterocycles. The zero-order valence-corrected chi connectivity index (χ0v) is 13.1. The normalized spacial score (nSPS) is 11.1. The molecule has 124 valence electrons. The van der Waals surface area contributed by atoms with Crippen LogP contribution in [0.15, 0.2) is 57.8 Å². The van der Waals surface area contributed by atoms with Crippen LogP contribution in [-0.2, 0) is 7.05 Å². The molecule has 0 atom stereocenters. The molecule has 0 amide bonds. The number of aryl methyl sites for hydroxylation is 1. The Labute approximate surface area is 140 Å². The highest BCUT2D eigenvalue weighted by Crippen LogP contribution is 2.33. The highest BCUT2D eigenvalue weighted by molar-refractivity contribution is 5.91. The number of hydrogen-bond acceptors (Lipinski definition) is 5. The Balaban J connectivity index is 1.95. The van der Waals surface area contributed by atoms with Crippen molar-refractivity contribution in [1.82, 2.24) is 14.7 Å². The summed E-state index contributed by atoms with van der Waals surface area (Å²) >= 11 is 0. The van der Waals surface area contributed by atoms with Crippen molar-refractivity contribution in [3.05, 3.63) is 64.7 Å². The van der Waals surface area contributed by atoms with E-state index in [0.29, 0.717) is 11.2 Å². The summed E-state index contributed by atoms with van der Waals surface area (Å²) in [6.45, 7) is 0. The molecular formula is C18H12FN3O3. The zero-order chi connectivity index (χ0) is 17.6. The van der Waals surface area contributed by atoms with Crippen LogP contribution in [-0.4, -0.2) is 19.8 Å². The van der Waals surface area contributed by atoms with Crippen LogP contribution in [0.2, 0.25) is 0 Å².